The van der Waals surface area contributed by atoms with E-state index in [9.17, 15) is 18.5 Å². The molecule has 4 rings (SSSR count). The summed E-state index contributed by atoms with van der Waals surface area (Å²) in [5, 5.41) is 27.5. The molecule has 2 aromatic rings. The number of alkyl halides is 1. The summed E-state index contributed by atoms with van der Waals surface area (Å²) in [6, 6.07) is 4.80. The Hall–Kier alpha value is -3.03. The van der Waals surface area contributed by atoms with Gasteiger partial charge in [-0.15, -0.1) is 0 Å². The van der Waals surface area contributed by atoms with Crippen LogP contribution in [-0.2, 0) is 10.8 Å². The number of nitrogens with zero attached hydrogens (tertiary/aromatic N) is 3. The van der Waals surface area contributed by atoms with Crippen molar-refractivity contribution < 1.29 is 28.3 Å². The molecule has 1 aliphatic carbocycles. The number of piperidine rings is 1. The highest BCUT2D eigenvalue weighted by atomic mass is 32.2. The molecule has 39 heavy (non-hydrogen) atoms. The molecule has 1 amide bonds. The van der Waals surface area contributed by atoms with Gasteiger partial charge in [0.25, 0.3) is 5.91 Å². The summed E-state index contributed by atoms with van der Waals surface area (Å²) in [6.07, 6.45) is 6.12. The zero-order valence-corrected chi connectivity index (χ0v) is 23.2. The predicted molar refractivity (Wildman–Crippen MR) is 150 cm³/mol. The molecule has 3 heterocycles. The Morgan fingerprint density at radius 3 is 2.59 bits per heavy atom. The minimum Gasteiger partial charge on any atom is -0.459 e. The van der Waals surface area contributed by atoms with E-state index in [1.807, 2.05) is 0 Å². The second kappa shape index (κ2) is 12.4. The van der Waals surface area contributed by atoms with Crippen LogP contribution in [0, 0.1) is 5.41 Å². The van der Waals surface area contributed by atoms with E-state index >= 15 is 0 Å². The second-order valence-electron chi connectivity index (χ2n) is 10.7. The lowest BCUT2D eigenvalue weighted by Crippen LogP contribution is -2.36. The molecule has 1 aliphatic heterocycles. The summed E-state index contributed by atoms with van der Waals surface area (Å²) in [5.41, 5.74) is 0.760. The Balaban J connectivity index is 1.57. The number of nitrogens with one attached hydrogen (secondary N) is 3. The molecule has 1 unspecified atom stereocenters. The number of rotatable bonds is 13. The van der Waals surface area contributed by atoms with Gasteiger partial charge in [0, 0.05) is 41.9 Å². The van der Waals surface area contributed by atoms with Crippen LogP contribution in [0.3, 0.4) is 0 Å². The van der Waals surface area contributed by atoms with E-state index in [2.05, 4.69) is 30.8 Å². The molecule has 2 fully saturated rings. The Kier molecular flexibility index (Phi) is 9.23. The van der Waals surface area contributed by atoms with Gasteiger partial charge in [0.1, 0.15) is 11.6 Å². The molecule has 1 atom stereocenters. The van der Waals surface area contributed by atoms with E-state index < -0.39 is 29.1 Å². The number of amides is 1. The van der Waals surface area contributed by atoms with Gasteiger partial charge < -0.3 is 35.8 Å². The Labute approximate surface area is 230 Å². The topological polar surface area (TPSA) is 149 Å². The maximum Gasteiger partial charge on any atom is 0.260 e. The Bertz CT molecular complexity index is 1190. The number of hydrogen-bond acceptors (Lipinski definition) is 10. The lowest BCUT2D eigenvalue weighted by molar-refractivity contribution is 0.102. The van der Waals surface area contributed by atoms with Crippen molar-refractivity contribution in [1.29, 1.82) is 0 Å². The van der Waals surface area contributed by atoms with Crippen molar-refractivity contribution in [3.05, 3.63) is 30.0 Å². The molecule has 0 radical (unpaired) electrons. The highest BCUT2D eigenvalue weighted by Crippen LogP contribution is 2.54. The zero-order chi connectivity index (χ0) is 28.0. The van der Waals surface area contributed by atoms with Gasteiger partial charge in [0.05, 0.1) is 35.9 Å². The number of aliphatic hydroxyl groups is 2. The van der Waals surface area contributed by atoms with Gasteiger partial charge in [-0.05, 0) is 57.1 Å². The smallest absolute Gasteiger partial charge is 0.260 e. The predicted octanol–water partition coefficient (Wildman–Crippen LogP) is 2.71. The molecule has 13 heteroatoms. The fourth-order valence-corrected chi connectivity index (χ4v) is 5.19. The molecule has 0 aromatic carbocycles. The van der Waals surface area contributed by atoms with Crippen LogP contribution in [0.4, 0.5) is 27.5 Å². The molecular weight excluding hydrogens is 527 g/mol. The molecule has 5 N–H and O–H groups in total. The highest BCUT2D eigenvalue weighted by molar-refractivity contribution is 7.85. The summed E-state index contributed by atoms with van der Waals surface area (Å²) in [4.78, 5) is 24.4. The molecule has 2 aliphatic rings. The minimum atomic E-state index is -1.25. The summed E-state index contributed by atoms with van der Waals surface area (Å²) in [6.45, 7) is 3.70. The first-order valence-corrected chi connectivity index (χ1v) is 14.5. The van der Waals surface area contributed by atoms with Crippen LogP contribution in [0.15, 0.2) is 24.4 Å². The van der Waals surface area contributed by atoms with E-state index in [1.165, 1.54) is 31.2 Å². The number of halogens is 1. The molecule has 11 nitrogen and oxygen atoms in total. The van der Waals surface area contributed by atoms with Gasteiger partial charge in [-0.3, -0.25) is 9.00 Å². The lowest BCUT2D eigenvalue weighted by atomic mass is 9.93. The van der Waals surface area contributed by atoms with Crippen molar-refractivity contribution in [3.8, 4) is 5.75 Å². The molecule has 0 bridgehead atoms. The SMILES string of the molecule is CC(C)(CO)Nc1nc(NC(=O)c2cnc(NCS(=O)CCO)cc2N2CCC3(CC2)CC3)ccc1OCF. The van der Waals surface area contributed by atoms with E-state index in [4.69, 9.17) is 9.84 Å². The van der Waals surface area contributed by atoms with Crippen LogP contribution in [0.25, 0.3) is 0 Å². The summed E-state index contributed by atoms with van der Waals surface area (Å²) in [7, 11) is -1.25. The maximum absolute atomic E-state index is 13.5. The van der Waals surface area contributed by atoms with E-state index in [1.54, 1.807) is 19.9 Å². The zero-order valence-electron chi connectivity index (χ0n) is 22.3. The van der Waals surface area contributed by atoms with Crippen LogP contribution in [0.2, 0.25) is 0 Å². The quantitative estimate of drug-likeness (QED) is 0.246. The van der Waals surface area contributed by atoms with Crippen molar-refractivity contribution in [3.63, 3.8) is 0 Å². The van der Waals surface area contributed by atoms with Crippen LogP contribution in [0.1, 0.15) is 49.9 Å². The first kappa shape index (κ1) is 29.0. The third-order valence-corrected chi connectivity index (χ3v) is 8.25. The standard InChI is InChI=1S/C26H37FN6O5S/c1-25(2,15-35)32-23-20(38-16-27)3-4-21(30-23)31-24(36)18-14-28-22(29-17-39(37)12-11-34)13-19(18)33-9-7-26(5-6-26)8-10-33/h3-4,13-14,34-35H,5-12,15-17H2,1-2H3,(H,28,29)(H2,30,31,32,36). The largest absolute Gasteiger partial charge is 0.459 e. The average molecular weight is 565 g/mol. The molecule has 1 saturated carbocycles. The number of aliphatic hydroxyl groups excluding tert-OH is 2. The molecule has 1 spiro atoms. The number of carbonyl (C=O) groups excluding carboxylic acids is 1. The molecular formula is C26H37FN6O5S. The lowest BCUT2D eigenvalue weighted by Gasteiger charge is -2.35. The van der Waals surface area contributed by atoms with Crippen LogP contribution in [-0.4, -0.2) is 80.6 Å². The first-order valence-electron chi connectivity index (χ1n) is 13.0. The van der Waals surface area contributed by atoms with Crippen molar-refractivity contribution in [2.24, 2.45) is 5.41 Å². The average Bonchev–Trinajstić information content (AvgIpc) is 3.68. The fraction of sp³-hybridized carbons (Fsp3) is 0.577. The second-order valence-corrected chi connectivity index (χ2v) is 12.3. The van der Waals surface area contributed by atoms with Crippen molar-refractivity contribution in [2.75, 3.05) is 65.6 Å². The van der Waals surface area contributed by atoms with Crippen LogP contribution in [0.5, 0.6) is 5.75 Å². The third kappa shape index (κ3) is 7.55. The number of hydrogen-bond donors (Lipinski definition) is 5. The number of aromatic nitrogens is 2. The van der Waals surface area contributed by atoms with Gasteiger partial charge in [-0.25, -0.2) is 14.4 Å². The summed E-state index contributed by atoms with van der Waals surface area (Å²) in [5.74, 6) is 0.925. The van der Waals surface area contributed by atoms with E-state index in [-0.39, 0.29) is 42.2 Å². The van der Waals surface area contributed by atoms with Crippen molar-refractivity contribution in [1.82, 2.24) is 9.97 Å². The molecule has 214 valence electrons. The Morgan fingerprint density at radius 2 is 1.95 bits per heavy atom. The Morgan fingerprint density at radius 1 is 1.21 bits per heavy atom. The molecule has 2 aromatic heterocycles. The summed E-state index contributed by atoms with van der Waals surface area (Å²) < 4.78 is 29.9. The van der Waals surface area contributed by atoms with E-state index in [0.717, 1.165) is 25.9 Å². The molecule has 1 saturated heterocycles. The van der Waals surface area contributed by atoms with Crippen LogP contribution >= 0.6 is 0 Å². The van der Waals surface area contributed by atoms with Gasteiger partial charge in [-0.1, -0.05) is 0 Å². The third-order valence-electron chi connectivity index (χ3n) is 7.14. The van der Waals surface area contributed by atoms with Crippen molar-refractivity contribution in [2.45, 2.75) is 45.1 Å². The maximum atomic E-state index is 13.5. The number of carbonyl (C=O) groups is 1. The van der Waals surface area contributed by atoms with Gasteiger partial charge in [-0.2, -0.15) is 0 Å². The fourth-order valence-electron chi connectivity index (χ4n) is 4.53. The number of pyridine rings is 2. The van der Waals surface area contributed by atoms with Gasteiger partial charge >= 0.3 is 0 Å². The number of ether oxygens (including phenoxy) is 1. The summed E-state index contributed by atoms with van der Waals surface area (Å²) >= 11 is 0. The van der Waals surface area contributed by atoms with Gasteiger partial charge in [0.15, 0.2) is 11.6 Å². The normalized spacial score (nSPS) is 17.0. The first-order chi connectivity index (χ1) is 18.7. The monoisotopic (exact) mass is 564 g/mol. The van der Waals surface area contributed by atoms with Crippen molar-refractivity contribution >= 4 is 39.8 Å². The van der Waals surface area contributed by atoms with Gasteiger partial charge in [0.2, 0.25) is 6.86 Å². The highest BCUT2D eigenvalue weighted by Gasteiger charge is 2.44. The van der Waals surface area contributed by atoms with Crippen LogP contribution < -0.4 is 25.6 Å². The minimum absolute atomic E-state index is 0.138. The van der Waals surface area contributed by atoms with E-state index in [0.29, 0.717) is 22.5 Å². The number of anilines is 4.